The van der Waals surface area contributed by atoms with E-state index in [2.05, 4.69) is 11.8 Å². The zero-order chi connectivity index (χ0) is 22.0. The van der Waals surface area contributed by atoms with Crippen LogP contribution in [-0.4, -0.2) is 60.9 Å². The Morgan fingerprint density at radius 3 is 2.10 bits per heavy atom. The quantitative estimate of drug-likeness (QED) is 0.643. The molecule has 0 N–H and O–H groups in total. The van der Waals surface area contributed by atoms with Crippen molar-refractivity contribution in [3.63, 3.8) is 0 Å². The van der Waals surface area contributed by atoms with E-state index in [0.29, 0.717) is 47.2 Å². The number of benzene rings is 2. The van der Waals surface area contributed by atoms with Crippen molar-refractivity contribution in [3.05, 3.63) is 64.8 Å². The molecule has 2 aliphatic heterocycles. The maximum absolute atomic E-state index is 13.5. The Morgan fingerprint density at radius 1 is 0.871 bits per heavy atom. The van der Waals surface area contributed by atoms with Crippen LogP contribution < -0.4 is 9.64 Å². The summed E-state index contributed by atoms with van der Waals surface area (Å²) in [5.41, 5.74) is 2.14. The summed E-state index contributed by atoms with van der Waals surface area (Å²) >= 11 is 6.01. The van der Waals surface area contributed by atoms with Crippen molar-refractivity contribution in [2.75, 3.05) is 44.2 Å². The second kappa shape index (κ2) is 9.12. The highest BCUT2D eigenvalue weighted by Gasteiger charge is 2.43. The van der Waals surface area contributed by atoms with Crippen molar-refractivity contribution >= 4 is 34.7 Å². The number of rotatable bonds is 6. The third kappa shape index (κ3) is 4.18. The highest BCUT2D eigenvalue weighted by Crippen LogP contribution is 2.36. The lowest BCUT2D eigenvalue weighted by molar-refractivity contribution is -0.120. The Kier molecular flexibility index (Phi) is 6.30. The molecule has 31 heavy (non-hydrogen) atoms. The fraction of sp³-hybridized carbons (Fsp3) is 0.333. The van der Waals surface area contributed by atoms with Crippen molar-refractivity contribution in [3.8, 4) is 5.75 Å². The van der Waals surface area contributed by atoms with Crippen molar-refractivity contribution in [1.82, 2.24) is 9.80 Å². The minimum atomic E-state index is -0.315. The van der Waals surface area contributed by atoms with Gasteiger partial charge in [0.25, 0.3) is 11.8 Å². The minimum absolute atomic E-state index is 0.291. The number of anilines is 1. The number of carbonyl (C=O) groups is 2. The smallest absolute Gasteiger partial charge is 0.282 e. The molecule has 2 heterocycles. The van der Waals surface area contributed by atoms with Gasteiger partial charge < -0.3 is 14.5 Å². The lowest BCUT2D eigenvalue weighted by atomic mass is 10.0. The molecule has 1 saturated heterocycles. The van der Waals surface area contributed by atoms with Crippen LogP contribution >= 0.6 is 11.6 Å². The van der Waals surface area contributed by atoms with E-state index in [1.807, 2.05) is 36.1 Å². The SMILES string of the molecule is CCOc1ccc(C2=C(N3CCN(CC)CC3)C(=O)N(c3ccc(Cl)cc3)C2=O)cc1. The van der Waals surface area contributed by atoms with Crippen molar-refractivity contribution in [2.24, 2.45) is 0 Å². The molecule has 1 fully saturated rings. The van der Waals surface area contributed by atoms with Gasteiger partial charge in [0, 0.05) is 31.2 Å². The van der Waals surface area contributed by atoms with Gasteiger partial charge in [-0.25, -0.2) is 4.90 Å². The molecule has 7 heteroatoms. The van der Waals surface area contributed by atoms with E-state index in [9.17, 15) is 9.59 Å². The highest BCUT2D eigenvalue weighted by atomic mass is 35.5. The fourth-order valence-electron chi connectivity index (χ4n) is 4.07. The molecule has 2 aliphatic rings. The number of nitrogens with zero attached hydrogens (tertiary/aromatic N) is 3. The standard InChI is InChI=1S/C24H26ClN3O3/c1-3-26-13-15-27(16-14-26)22-21(17-5-11-20(12-6-17)31-4-2)23(29)28(24(22)30)19-9-7-18(25)8-10-19/h5-12H,3-4,13-16H2,1-2H3. The zero-order valence-corrected chi connectivity index (χ0v) is 18.6. The topological polar surface area (TPSA) is 53.1 Å². The number of ether oxygens (including phenoxy) is 1. The molecule has 0 spiro atoms. The van der Waals surface area contributed by atoms with Crippen LogP contribution in [0.3, 0.4) is 0 Å². The molecule has 2 aromatic carbocycles. The number of halogens is 1. The highest BCUT2D eigenvalue weighted by molar-refractivity contribution is 6.45. The molecule has 0 unspecified atom stereocenters. The number of carbonyl (C=O) groups excluding carboxylic acids is 2. The van der Waals surface area contributed by atoms with Crippen LogP contribution in [0.2, 0.25) is 5.02 Å². The van der Waals surface area contributed by atoms with Crippen LogP contribution in [0.25, 0.3) is 5.57 Å². The monoisotopic (exact) mass is 439 g/mol. The van der Waals surface area contributed by atoms with Gasteiger partial charge in [-0.2, -0.15) is 0 Å². The fourth-order valence-corrected chi connectivity index (χ4v) is 4.19. The second-order valence-electron chi connectivity index (χ2n) is 7.52. The summed E-state index contributed by atoms with van der Waals surface area (Å²) in [6.45, 7) is 8.73. The maximum Gasteiger partial charge on any atom is 0.282 e. The third-order valence-corrected chi connectivity index (χ3v) is 5.99. The van der Waals surface area contributed by atoms with E-state index in [0.717, 1.165) is 25.4 Å². The molecule has 0 aliphatic carbocycles. The first-order valence-electron chi connectivity index (χ1n) is 10.6. The summed E-state index contributed by atoms with van der Waals surface area (Å²) in [5.74, 6) is 0.127. The first-order chi connectivity index (χ1) is 15.0. The number of amides is 2. The summed E-state index contributed by atoms with van der Waals surface area (Å²) in [7, 11) is 0. The van der Waals surface area contributed by atoms with Crippen LogP contribution in [-0.2, 0) is 9.59 Å². The van der Waals surface area contributed by atoms with Gasteiger partial charge in [-0.1, -0.05) is 30.7 Å². The number of likely N-dealkylation sites (N-methyl/N-ethyl adjacent to an activating group) is 1. The van der Waals surface area contributed by atoms with E-state index in [1.54, 1.807) is 24.3 Å². The van der Waals surface area contributed by atoms with E-state index in [1.165, 1.54) is 4.90 Å². The van der Waals surface area contributed by atoms with E-state index < -0.39 is 0 Å². The normalized spacial score (nSPS) is 17.6. The molecule has 162 valence electrons. The minimum Gasteiger partial charge on any atom is -0.494 e. The molecule has 0 bridgehead atoms. The van der Waals surface area contributed by atoms with E-state index >= 15 is 0 Å². The zero-order valence-electron chi connectivity index (χ0n) is 17.8. The lowest BCUT2D eigenvalue weighted by Crippen LogP contribution is -2.47. The predicted molar refractivity (Wildman–Crippen MR) is 122 cm³/mol. The molecule has 0 radical (unpaired) electrons. The van der Waals surface area contributed by atoms with Crippen molar-refractivity contribution in [1.29, 1.82) is 0 Å². The average Bonchev–Trinajstić information content (AvgIpc) is 3.05. The van der Waals surface area contributed by atoms with Gasteiger partial charge in [0.2, 0.25) is 0 Å². The van der Waals surface area contributed by atoms with Crippen molar-refractivity contribution in [2.45, 2.75) is 13.8 Å². The Balaban J connectivity index is 1.74. The van der Waals surface area contributed by atoms with Gasteiger partial charge in [0.15, 0.2) is 0 Å². The van der Waals surface area contributed by atoms with Gasteiger partial charge in [0.1, 0.15) is 11.4 Å². The summed E-state index contributed by atoms with van der Waals surface area (Å²) in [6, 6.07) is 14.1. The third-order valence-electron chi connectivity index (χ3n) is 5.73. The number of piperazine rings is 1. The maximum atomic E-state index is 13.5. The molecule has 0 aromatic heterocycles. The van der Waals surface area contributed by atoms with Crippen molar-refractivity contribution < 1.29 is 14.3 Å². The number of hydrogen-bond donors (Lipinski definition) is 0. The molecular weight excluding hydrogens is 414 g/mol. The Morgan fingerprint density at radius 2 is 1.52 bits per heavy atom. The second-order valence-corrected chi connectivity index (χ2v) is 7.96. The average molecular weight is 440 g/mol. The molecule has 2 amide bonds. The van der Waals surface area contributed by atoms with Crippen LogP contribution in [0, 0.1) is 0 Å². The molecule has 2 aromatic rings. The van der Waals surface area contributed by atoms with Crippen LogP contribution in [0.5, 0.6) is 5.75 Å². The van der Waals surface area contributed by atoms with Gasteiger partial charge in [-0.05, 0) is 55.4 Å². The van der Waals surface area contributed by atoms with Gasteiger partial charge in [0.05, 0.1) is 17.9 Å². The van der Waals surface area contributed by atoms with Gasteiger partial charge in [-0.3, -0.25) is 9.59 Å². The molecule has 4 rings (SSSR count). The first kappa shape index (κ1) is 21.4. The largest absolute Gasteiger partial charge is 0.494 e. The lowest BCUT2D eigenvalue weighted by Gasteiger charge is -2.36. The van der Waals surface area contributed by atoms with Crippen LogP contribution in [0.15, 0.2) is 54.2 Å². The number of imide groups is 1. The predicted octanol–water partition coefficient (Wildman–Crippen LogP) is 3.66. The number of hydrogen-bond acceptors (Lipinski definition) is 5. The summed E-state index contributed by atoms with van der Waals surface area (Å²) in [5, 5.41) is 0.554. The molecule has 6 nitrogen and oxygen atoms in total. The van der Waals surface area contributed by atoms with Gasteiger partial charge >= 0.3 is 0 Å². The Labute approximate surface area is 187 Å². The summed E-state index contributed by atoms with van der Waals surface area (Å²) < 4.78 is 5.53. The molecule has 0 saturated carbocycles. The van der Waals surface area contributed by atoms with E-state index in [-0.39, 0.29) is 11.8 Å². The summed E-state index contributed by atoms with van der Waals surface area (Å²) in [4.78, 5) is 32.7. The van der Waals surface area contributed by atoms with Crippen LogP contribution in [0.4, 0.5) is 5.69 Å². The Bertz CT molecular complexity index is 994. The molecule has 0 atom stereocenters. The van der Waals surface area contributed by atoms with Gasteiger partial charge in [-0.15, -0.1) is 0 Å². The summed E-state index contributed by atoms with van der Waals surface area (Å²) in [6.07, 6.45) is 0. The van der Waals surface area contributed by atoms with Crippen LogP contribution in [0.1, 0.15) is 19.4 Å². The van der Waals surface area contributed by atoms with E-state index in [4.69, 9.17) is 16.3 Å². The Hall–Kier alpha value is -2.83. The first-order valence-corrected chi connectivity index (χ1v) is 11.0. The molecular formula is C24H26ClN3O3.